The van der Waals surface area contributed by atoms with Gasteiger partial charge in [-0.2, -0.15) is 26.4 Å². The third-order valence-electron chi connectivity index (χ3n) is 3.46. The average molecular weight is 306 g/mol. The number of aromatic amines is 1. The number of aromatic nitrogens is 4. The van der Waals surface area contributed by atoms with Gasteiger partial charge in [-0.3, -0.25) is 5.10 Å². The molecule has 0 aliphatic heterocycles. The first-order valence-corrected chi connectivity index (χ1v) is 7.77. The Kier molecular flexibility index (Phi) is 2.85. The number of anilines is 1. The van der Waals surface area contributed by atoms with E-state index in [1.54, 1.807) is 17.5 Å². The lowest BCUT2D eigenvalue weighted by Gasteiger charge is -2.23. The van der Waals surface area contributed by atoms with Crippen molar-refractivity contribution in [2.45, 2.75) is 25.4 Å². The van der Waals surface area contributed by atoms with Crippen molar-refractivity contribution < 1.29 is 0 Å². The molecule has 0 amide bonds. The zero-order valence-electron chi connectivity index (χ0n) is 10.6. The van der Waals surface area contributed by atoms with E-state index < -0.39 is 0 Å². The first-order chi connectivity index (χ1) is 9.81. The standard InChI is InChI=1S/C13H12ClN5S/c14-13-16-11-10(5-15-18-11)12(17-13)19(9-1-2-9)6-8-3-4-20-7-8/h3-5,7,9H,1-2,6H2,(H,15,16,17,18). The maximum atomic E-state index is 6.04. The van der Waals surface area contributed by atoms with E-state index in [1.165, 1.54) is 18.4 Å². The van der Waals surface area contributed by atoms with Gasteiger partial charge in [-0.1, -0.05) is 0 Å². The molecule has 0 atom stereocenters. The van der Waals surface area contributed by atoms with E-state index >= 15 is 0 Å². The SMILES string of the molecule is Clc1nc(N(Cc2ccsc2)C2CC2)c2cn[nH]c2n1. The van der Waals surface area contributed by atoms with Gasteiger partial charge in [0, 0.05) is 12.6 Å². The van der Waals surface area contributed by atoms with Crippen molar-refractivity contribution in [1.29, 1.82) is 0 Å². The van der Waals surface area contributed by atoms with Gasteiger partial charge in [0.2, 0.25) is 5.28 Å². The quantitative estimate of drug-likeness (QED) is 0.752. The van der Waals surface area contributed by atoms with Gasteiger partial charge in [-0.25, -0.2) is 0 Å². The van der Waals surface area contributed by atoms with Crippen LogP contribution in [0.1, 0.15) is 18.4 Å². The fourth-order valence-electron chi connectivity index (χ4n) is 2.35. The second kappa shape index (κ2) is 4.71. The summed E-state index contributed by atoms with van der Waals surface area (Å²) >= 11 is 7.75. The molecule has 20 heavy (non-hydrogen) atoms. The number of H-pyrrole nitrogens is 1. The van der Waals surface area contributed by atoms with Crippen LogP contribution in [0.25, 0.3) is 11.0 Å². The number of thiophene rings is 1. The Morgan fingerprint density at radius 3 is 3.05 bits per heavy atom. The number of hydrogen-bond donors (Lipinski definition) is 1. The molecule has 3 aromatic rings. The van der Waals surface area contributed by atoms with E-state index in [4.69, 9.17) is 11.6 Å². The maximum Gasteiger partial charge on any atom is 0.226 e. The molecule has 3 aromatic heterocycles. The average Bonchev–Trinajstić information content (AvgIpc) is 2.96. The van der Waals surface area contributed by atoms with Crippen molar-refractivity contribution in [3.05, 3.63) is 33.9 Å². The third-order valence-corrected chi connectivity index (χ3v) is 4.36. The lowest BCUT2D eigenvalue weighted by molar-refractivity contribution is 0.783. The van der Waals surface area contributed by atoms with Gasteiger partial charge in [0.25, 0.3) is 0 Å². The van der Waals surface area contributed by atoms with Crippen LogP contribution in [0, 0.1) is 0 Å². The van der Waals surface area contributed by atoms with Crippen LogP contribution in [0.4, 0.5) is 5.82 Å². The van der Waals surface area contributed by atoms with Crippen LogP contribution in [0.15, 0.2) is 23.0 Å². The van der Waals surface area contributed by atoms with E-state index in [1.807, 2.05) is 0 Å². The molecule has 4 rings (SSSR count). The molecule has 0 spiro atoms. The third kappa shape index (κ3) is 2.14. The minimum Gasteiger partial charge on any atom is -0.349 e. The number of nitrogens with zero attached hydrogens (tertiary/aromatic N) is 4. The molecule has 0 radical (unpaired) electrons. The van der Waals surface area contributed by atoms with Gasteiger partial charge in [0.1, 0.15) is 5.82 Å². The minimum atomic E-state index is 0.257. The normalized spacial score (nSPS) is 14.8. The molecular formula is C13H12ClN5S. The Hall–Kier alpha value is -1.66. The summed E-state index contributed by atoms with van der Waals surface area (Å²) in [5.41, 5.74) is 1.99. The fraction of sp³-hybridized carbons (Fsp3) is 0.308. The molecule has 1 aliphatic rings. The smallest absolute Gasteiger partial charge is 0.226 e. The summed E-state index contributed by atoms with van der Waals surface area (Å²) in [5.74, 6) is 0.877. The first kappa shape index (κ1) is 12.1. The van der Waals surface area contributed by atoms with E-state index in [0.29, 0.717) is 11.7 Å². The molecule has 0 saturated heterocycles. The van der Waals surface area contributed by atoms with Crippen LogP contribution in [-0.4, -0.2) is 26.2 Å². The molecule has 5 nitrogen and oxygen atoms in total. The zero-order chi connectivity index (χ0) is 13.5. The molecule has 0 aromatic carbocycles. The highest BCUT2D eigenvalue weighted by Crippen LogP contribution is 2.35. The van der Waals surface area contributed by atoms with Crippen molar-refractivity contribution in [2.75, 3.05) is 4.90 Å². The van der Waals surface area contributed by atoms with E-state index in [-0.39, 0.29) is 5.28 Å². The van der Waals surface area contributed by atoms with Crippen molar-refractivity contribution in [1.82, 2.24) is 20.2 Å². The predicted octanol–water partition coefficient (Wildman–Crippen LogP) is 3.24. The first-order valence-electron chi connectivity index (χ1n) is 6.45. The zero-order valence-corrected chi connectivity index (χ0v) is 12.2. The Morgan fingerprint density at radius 2 is 2.30 bits per heavy atom. The van der Waals surface area contributed by atoms with Crippen LogP contribution in [-0.2, 0) is 6.54 Å². The summed E-state index contributed by atoms with van der Waals surface area (Å²) in [6.45, 7) is 0.849. The Bertz CT molecular complexity index is 734. The Labute approximate surface area is 124 Å². The molecule has 0 bridgehead atoms. The molecule has 1 aliphatic carbocycles. The molecule has 7 heteroatoms. The monoisotopic (exact) mass is 305 g/mol. The van der Waals surface area contributed by atoms with E-state index in [9.17, 15) is 0 Å². The summed E-state index contributed by atoms with van der Waals surface area (Å²) < 4.78 is 0. The van der Waals surface area contributed by atoms with Crippen molar-refractivity contribution in [3.8, 4) is 0 Å². The number of halogens is 1. The van der Waals surface area contributed by atoms with Crippen LogP contribution < -0.4 is 4.90 Å². The summed E-state index contributed by atoms with van der Waals surface area (Å²) in [6, 6.07) is 2.69. The fourth-order valence-corrected chi connectivity index (χ4v) is 3.18. The molecule has 0 unspecified atom stereocenters. The molecule has 102 valence electrons. The molecule has 1 saturated carbocycles. The number of fused-ring (bicyclic) bond motifs is 1. The predicted molar refractivity (Wildman–Crippen MR) is 80.2 cm³/mol. The van der Waals surface area contributed by atoms with Crippen molar-refractivity contribution >= 4 is 39.8 Å². The van der Waals surface area contributed by atoms with Gasteiger partial charge in [0.15, 0.2) is 5.65 Å². The highest BCUT2D eigenvalue weighted by atomic mass is 35.5. The highest BCUT2D eigenvalue weighted by Gasteiger charge is 2.31. The second-order valence-corrected chi connectivity index (χ2v) is 6.06. The molecule has 3 heterocycles. The van der Waals surface area contributed by atoms with E-state index in [0.717, 1.165) is 17.7 Å². The lowest BCUT2D eigenvalue weighted by atomic mass is 10.2. The van der Waals surface area contributed by atoms with Crippen LogP contribution in [0.5, 0.6) is 0 Å². The number of rotatable bonds is 4. The van der Waals surface area contributed by atoms with Gasteiger partial charge >= 0.3 is 0 Å². The summed E-state index contributed by atoms with van der Waals surface area (Å²) in [4.78, 5) is 10.9. The summed E-state index contributed by atoms with van der Waals surface area (Å²) in [6.07, 6.45) is 4.17. The lowest BCUT2D eigenvalue weighted by Crippen LogP contribution is -2.26. The van der Waals surface area contributed by atoms with Gasteiger partial charge in [0.05, 0.1) is 11.6 Å². The minimum absolute atomic E-state index is 0.257. The summed E-state index contributed by atoms with van der Waals surface area (Å²) in [7, 11) is 0. The molecule has 1 fully saturated rings. The van der Waals surface area contributed by atoms with Gasteiger partial charge < -0.3 is 4.90 Å². The maximum absolute atomic E-state index is 6.04. The van der Waals surface area contributed by atoms with Crippen molar-refractivity contribution in [2.24, 2.45) is 0 Å². The van der Waals surface area contributed by atoms with Gasteiger partial charge in [-0.15, -0.1) is 0 Å². The Morgan fingerprint density at radius 1 is 1.40 bits per heavy atom. The van der Waals surface area contributed by atoms with Crippen LogP contribution >= 0.6 is 22.9 Å². The number of nitrogens with one attached hydrogen (secondary N) is 1. The second-order valence-electron chi connectivity index (χ2n) is 4.94. The van der Waals surface area contributed by atoms with E-state index in [2.05, 4.69) is 41.9 Å². The van der Waals surface area contributed by atoms with Crippen LogP contribution in [0.3, 0.4) is 0 Å². The largest absolute Gasteiger partial charge is 0.349 e. The molecule has 1 N–H and O–H groups in total. The highest BCUT2D eigenvalue weighted by molar-refractivity contribution is 7.07. The molecular weight excluding hydrogens is 294 g/mol. The van der Waals surface area contributed by atoms with Gasteiger partial charge in [-0.05, 0) is 46.8 Å². The van der Waals surface area contributed by atoms with Crippen molar-refractivity contribution in [3.63, 3.8) is 0 Å². The summed E-state index contributed by atoms with van der Waals surface area (Å²) in [5, 5.41) is 12.4. The van der Waals surface area contributed by atoms with Crippen LogP contribution in [0.2, 0.25) is 5.28 Å². The topological polar surface area (TPSA) is 57.7 Å². The number of hydrogen-bond acceptors (Lipinski definition) is 5. The Balaban J connectivity index is 1.79.